The number of fused-ring (bicyclic) bond motifs is 1. The van der Waals surface area contributed by atoms with Crippen LogP contribution in [0.15, 0.2) is 54.9 Å². The van der Waals surface area contributed by atoms with Gasteiger partial charge in [0.2, 0.25) is 11.8 Å². The molecule has 0 spiro atoms. The van der Waals surface area contributed by atoms with Gasteiger partial charge < -0.3 is 15.0 Å². The van der Waals surface area contributed by atoms with Crippen molar-refractivity contribution in [3.8, 4) is 28.5 Å². The summed E-state index contributed by atoms with van der Waals surface area (Å²) in [6.45, 7) is 0.372. The fourth-order valence-corrected chi connectivity index (χ4v) is 4.02. The molecule has 0 saturated carbocycles. The summed E-state index contributed by atoms with van der Waals surface area (Å²) in [5.74, 6) is 1.17. The van der Waals surface area contributed by atoms with Gasteiger partial charge in [0, 0.05) is 24.4 Å². The van der Waals surface area contributed by atoms with Crippen LogP contribution in [0.3, 0.4) is 0 Å². The number of hydrogen-bond donors (Lipinski definition) is 1. The lowest BCUT2D eigenvalue weighted by Gasteiger charge is -2.18. The van der Waals surface area contributed by atoms with E-state index in [4.69, 9.17) is 27.1 Å². The van der Waals surface area contributed by atoms with Gasteiger partial charge in [-0.2, -0.15) is 0 Å². The molecule has 9 heteroatoms. The Morgan fingerprint density at radius 1 is 1.10 bits per heavy atom. The van der Waals surface area contributed by atoms with Crippen LogP contribution in [0.1, 0.15) is 18.3 Å². The molecule has 0 radical (unpaired) electrons. The molecule has 0 bridgehead atoms. The summed E-state index contributed by atoms with van der Waals surface area (Å²) in [5.41, 5.74) is 8.81. The summed E-state index contributed by atoms with van der Waals surface area (Å²) in [7, 11) is 0. The van der Waals surface area contributed by atoms with E-state index in [1.54, 1.807) is 42.7 Å². The molecule has 1 aliphatic heterocycles. The summed E-state index contributed by atoms with van der Waals surface area (Å²) < 4.78 is 21.5. The number of rotatable bonds is 5. The molecule has 3 aromatic heterocycles. The lowest BCUT2D eigenvalue weighted by Crippen LogP contribution is -2.16. The summed E-state index contributed by atoms with van der Waals surface area (Å²) in [6, 6.07) is 11.5. The molecule has 156 valence electrons. The Hall–Kier alpha value is -3.52. The van der Waals surface area contributed by atoms with E-state index in [9.17, 15) is 4.39 Å². The normalized spacial score (nSPS) is 15.1. The molecular formula is C22H18ClFN6O. The molecule has 0 aliphatic carbocycles. The van der Waals surface area contributed by atoms with E-state index in [-0.39, 0.29) is 17.8 Å². The SMILES string of the molecule is Nc1nccc(-c2c(-c3ccc(F)cc3)nc3n2C(COc2ncccc2Cl)CC3)n1. The highest BCUT2D eigenvalue weighted by atomic mass is 35.5. The van der Waals surface area contributed by atoms with Crippen LogP contribution < -0.4 is 10.5 Å². The third kappa shape index (κ3) is 3.70. The summed E-state index contributed by atoms with van der Waals surface area (Å²) in [4.78, 5) is 17.5. The van der Waals surface area contributed by atoms with E-state index >= 15 is 0 Å². The highest BCUT2D eigenvalue weighted by molar-refractivity contribution is 6.31. The maximum absolute atomic E-state index is 13.5. The van der Waals surface area contributed by atoms with Gasteiger partial charge in [0.05, 0.1) is 23.1 Å². The van der Waals surface area contributed by atoms with Gasteiger partial charge in [-0.25, -0.2) is 24.3 Å². The first-order valence-electron chi connectivity index (χ1n) is 9.79. The van der Waals surface area contributed by atoms with E-state index in [1.807, 2.05) is 0 Å². The Morgan fingerprint density at radius 3 is 2.71 bits per heavy atom. The number of aromatic nitrogens is 5. The first-order valence-corrected chi connectivity index (χ1v) is 10.2. The number of ether oxygens (including phenoxy) is 1. The zero-order chi connectivity index (χ0) is 21.4. The smallest absolute Gasteiger partial charge is 0.232 e. The molecule has 2 N–H and O–H groups in total. The number of pyridine rings is 1. The van der Waals surface area contributed by atoms with Crippen molar-refractivity contribution in [2.24, 2.45) is 0 Å². The number of nitrogen functional groups attached to an aromatic ring is 1. The van der Waals surface area contributed by atoms with Gasteiger partial charge in [-0.3, -0.25) is 0 Å². The van der Waals surface area contributed by atoms with E-state index < -0.39 is 0 Å². The van der Waals surface area contributed by atoms with Crippen molar-refractivity contribution in [1.82, 2.24) is 24.5 Å². The van der Waals surface area contributed by atoms with Gasteiger partial charge in [-0.05, 0) is 48.9 Å². The second kappa shape index (κ2) is 7.96. The first kappa shape index (κ1) is 19.4. The third-order valence-electron chi connectivity index (χ3n) is 5.22. The number of benzene rings is 1. The highest BCUT2D eigenvalue weighted by Crippen LogP contribution is 2.39. The lowest BCUT2D eigenvalue weighted by molar-refractivity contribution is 0.247. The van der Waals surface area contributed by atoms with E-state index in [1.165, 1.54) is 12.1 Å². The fraction of sp³-hybridized carbons (Fsp3) is 0.182. The Bertz CT molecular complexity index is 1240. The zero-order valence-electron chi connectivity index (χ0n) is 16.4. The maximum atomic E-state index is 13.5. The number of nitrogens with two attached hydrogens (primary N) is 1. The molecule has 1 aliphatic rings. The number of imidazole rings is 1. The molecule has 1 atom stereocenters. The second-order valence-electron chi connectivity index (χ2n) is 7.20. The number of anilines is 1. The van der Waals surface area contributed by atoms with Gasteiger partial charge in [0.25, 0.3) is 0 Å². The highest BCUT2D eigenvalue weighted by Gasteiger charge is 2.31. The van der Waals surface area contributed by atoms with Crippen molar-refractivity contribution >= 4 is 17.5 Å². The fourth-order valence-electron chi connectivity index (χ4n) is 3.84. The molecule has 4 heterocycles. The van der Waals surface area contributed by atoms with Crippen LogP contribution in [0.5, 0.6) is 5.88 Å². The molecule has 1 unspecified atom stereocenters. The Morgan fingerprint density at radius 2 is 1.94 bits per heavy atom. The molecule has 1 aromatic carbocycles. The van der Waals surface area contributed by atoms with Crippen LogP contribution in [0, 0.1) is 5.82 Å². The average Bonchev–Trinajstić information content (AvgIpc) is 3.33. The average molecular weight is 437 g/mol. The number of aryl methyl sites for hydroxylation is 1. The first-order chi connectivity index (χ1) is 15.1. The van der Waals surface area contributed by atoms with Crippen LogP contribution >= 0.6 is 11.6 Å². The van der Waals surface area contributed by atoms with Crippen molar-refractivity contribution in [3.63, 3.8) is 0 Å². The largest absolute Gasteiger partial charge is 0.474 e. The van der Waals surface area contributed by atoms with Gasteiger partial charge in [0.1, 0.15) is 23.3 Å². The van der Waals surface area contributed by atoms with Gasteiger partial charge >= 0.3 is 0 Å². The zero-order valence-corrected chi connectivity index (χ0v) is 17.1. The topological polar surface area (TPSA) is 91.7 Å². The number of halogens is 2. The van der Waals surface area contributed by atoms with Crippen LogP contribution in [0.4, 0.5) is 10.3 Å². The Kier molecular flexibility index (Phi) is 4.99. The molecule has 0 fully saturated rings. The second-order valence-corrected chi connectivity index (χ2v) is 7.60. The molecule has 0 saturated heterocycles. The molecule has 5 rings (SSSR count). The molecule has 7 nitrogen and oxygen atoms in total. The van der Waals surface area contributed by atoms with Crippen molar-refractivity contribution < 1.29 is 9.13 Å². The monoisotopic (exact) mass is 436 g/mol. The standard InChI is InChI=1S/C22H18ClFN6O/c23-16-2-1-10-26-21(16)31-12-15-7-8-18-29-19(13-3-5-14(24)6-4-13)20(30(15)18)17-9-11-27-22(25)28-17/h1-6,9-11,15H,7-8,12H2,(H2,25,27,28). The van der Waals surface area contributed by atoms with Gasteiger partial charge in [-0.1, -0.05) is 11.6 Å². The molecule has 31 heavy (non-hydrogen) atoms. The van der Waals surface area contributed by atoms with Crippen molar-refractivity contribution in [3.05, 3.63) is 71.5 Å². The van der Waals surface area contributed by atoms with Crippen LogP contribution in [0.2, 0.25) is 5.02 Å². The van der Waals surface area contributed by atoms with Gasteiger partial charge in [-0.15, -0.1) is 0 Å². The van der Waals surface area contributed by atoms with E-state index in [2.05, 4.69) is 19.5 Å². The number of hydrogen-bond acceptors (Lipinski definition) is 6. The Labute approximate surface area is 182 Å². The predicted molar refractivity (Wildman–Crippen MR) is 115 cm³/mol. The lowest BCUT2D eigenvalue weighted by atomic mass is 10.1. The molecular weight excluding hydrogens is 419 g/mol. The van der Waals surface area contributed by atoms with Crippen LogP contribution in [0.25, 0.3) is 22.6 Å². The van der Waals surface area contributed by atoms with E-state index in [0.717, 1.165) is 29.9 Å². The summed E-state index contributed by atoms with van der Waals surface area (Å²) in [6.07, 6.45) is 4.88. The van der Waals surface area contributed by atoms with Crippen molar-refractivity contribution in [2.75, 3.05) is 12.3 Å². The maximum Gasteiger partial charge on any atom is 0.232 e. The summed E-state index contributed by atoms with van der Waals surface area (Å²) >= 11 is 6.18. The molecule has 4 aromatic rings. The van der Waals surface area contributed by atoms with Crippen LogP contribution in [-0.4, -0.2) is 31.1 Å². The van der Waals surface area contributed by atoms with Crippen LogP contribution in [-0.2, 0) is 6.42 Å². The Balaban J connectivity index is 1.57. The van der Waals surface area contributed by atoms with Crippen molar-refractivity contribution in [2.45, 2.75) is 18.9 Å². The van der Waals surface area contributed by atoms with Crippen molar-refractivity contribution in [1.29, 1.82) is 0 Å². The number of nitrogens with zero attached hydrogens (tertiary/aromatic N) is 5. The minimum absolute atomic E-state index is 0.000890. The quantitative estimate of drug-likeness (QED) is 0.500. The van der Waals surface area contributed by atoms with Gasteiger partial charge in [0.15, 0.2) is 0 Å². The predicted octanol–water partition coefficient (Wildman–Crippen LogP) is 4.34. The third-order valence-corrected chi connectivity index (χ3v) is 5.51. The minimum atomic E-state index is -0.304. The van der Waals surface area contributed by atoms with E-state index in [0.29, 0.717) is 28.9 Å². The minimum Gasteiger partial charge on any atom is -0.474 e. The molecule has 0 amide bonds. The summed E-state index contributed by atoms with van der Waals surface area (Å²) in [5, 5.41) is 0.460.